The lowest BCUT2D eigenvalue weighted by Crippen LogP contribution is -2.27. The van der Waals surface area contributed by atoms with Gasteiger partial charge in [0.25, 0.3) is 10.0 Å². The molecule has 11 heteroatoms. The van der Waals surface area contributed by atoms with E-state index in [2.05, 4.69) is 4.72 Å². The summed E-state index contributed by atoms with van der Waals surface area (Å²) in [5, 5.41) is 2.75. The fourth-order valence-corrected chi connectivity index (χ4v) is 7.10. The van der Waals surface area contributed by atoms with Crippen molar-refractivity contribution in [3.8, 4) is 17.0 Å². The van der Waals surface area contributed by atoms with E-state index in [1.807, 2.05) is 35.7 Å². The first-order chi connectivity index (χ1) is 17.4. The fourth-order valence-electron chi connectivity index (χ4n) is 3.73. The van der Waals surface area contributed by atoms with Gasteiger partial charge in [-0.25, -0.2) is 13.4 Å². The molecule has 1 aromatic heterocycles. The predicted octanol–water partition coefficient (Wildman–Crippen LogP) is 6.05. The number of nitrogens with one attached hydrogen (secondary N) is 1. The molecule has 1 atom stereocenters. The van der Waals surface area contributed by atoms with Gasteiger partial charge in [0.05, 0.1) is 28.5 Å². The third-order valence-corrected chi connectivity index (χ3v) is 9.26. The number of thiazole rings is 1. The minimum Gasteiger partial charge on any atom is -0.495 e. The highest BCUT2D eigenvalue weighted by atomic mass is 35.5. The number of hydrogen-bond donors (Lipinski definition) is 1. The number of benzene rings is 3. The molecule has 184 valence electrons. The Kier molecular flexibility index (Phi) is 6.94. The van der Waals surface area contributed by atoms with E-state index < -0.39 is 10.0 Å². The van der Waals surface area contributed by atoms with Crippen LogP contribution < -0.4 is 14.4 Å². The summed E-state index contributed by atoms with van der Waals surface area (Å²) in [4.78, 5) is 19.1. The zero-order chi connectivity index (χ0) is 25.3. The number of methoxy groups -OCH3 is 1. The highest BCUT2D eigenvalue weighted by Gasteiger charge is 2.35. The second-order valence-electron chi connectivity index (χ2n) is 7.83. The Bertz CT molecular complexity index is 1510. The molecular weight excluding hydrogens is 538 g/mol. The van der Waals surface area contributed by atoms with Gasteiger partial charge in [-0.3, -0.25) is 14.4 Å². The normalized spacial score (nSPS) is 15.8. The number of carbonyl (C=O) groups excluding carboxylic acids is 1. The van der Waals surface area contributed by atoms with Crippen LogP contribution in [0.15, 0.2) is 83.1 Å². The zero-order valence-corrected chi connectivity index (χ0v) is 22.1. The minimum atomic E-state index is -3.83. The lowest BCUT2D eigenvalue weighted by molar-refractivity contribution is -0.115. The summed E-state index contributed by atoms with van der Waals surface area (Å²) in [6, 6.07) is 21.1. The molecule has 3 aromatic carbocycles. The molecule has 1 aliphatic rings. The summed E-state index contributed by atoms with van der Waals surface area (Å²) >= 11 is 8.99. The van der Waals surface area contributed by atoms with Crippen LogP contribution in [-0.2, 0) is 14.8 Å². The van der Waals surface area contributed by atoms with Gasteiger partial charge in [-0.15, -0.1) is 23.1 Å². The van der Waals surface area contributed by atoms with E-state index in [0.29, 0.717) is 27.3 Å². The van der Waals surface area contributed by atoms with Crippen LogP contribution in [-0.4, -0.2) is 32.2 Å². The number of ether oxygens (including phenoxy) is 1. The molecule has 0 bridgehead atoms. The molecule has 1 fully saturated rings. The molecule has 1 aliphatic heterocycles. The molecule has 0 saturated carbocycles. The van der Waals surface area contributed by atoms with Crippen molar-refractivity contribution in [2.24, 2.45) is 0 Å². The maximum absolute atomic E-state index is 12.8. The van der Waals surface area contributed by atoms with Crippen LogP contribution in [0.1, 0.15) is 10.9 Å². The van der Waals surface area contributed by atoms with Gasteiger partial charge in [-0.05, 0) is 29.8 Å². The van der Waals surface area contributed by atoms with E-state index in [9.17, 15) is 13.2 Å². The van der Waals surface area contributed by atoms with Crippen LogP contribution in [0, 0.1) is 0 Å². The molecule has 36 heavy (non-hydrogen) atoms. The number of thioether (sulfide) groups is 1. The van der Waals surface area contributed by atoms with Crippen LogP contribution in [0.5, 0.6) is 5.75 Å². The number of anilines is 2. The maximum Gasteiger partial charge on any atom is 0.262 e. The Morgan fingerprint density at radius 2 is 1.83 bits per heavy atom. The molecule has 0 aliphatic carbocycles. The third kappa shape index (κ3) is 4.94. The lowest BCUT2D eigenvalue weighted by atomic mass is 10.1. The number of rotatable bonds is 7. The summed E-state index contributed by atoms with van der Waals surface area (Å²) in [6.07, 6.45) is 0. The van der Waals surface area contributed by atoms with Crippen LogP contribution in [0.25, 0.3) is 11.3 Å². The number of amides is 1. The SMILES string of the molecule is COc1cc(S(=O)(=O)Nc2ccc(-c3csc(N4C(=O)CSC4c4ccccc4)n3)cc2)ccc1Cl. The third-order valence-electron chi connectivity index (χ3n) is 5.52. The topological polar surface area (TPSA) is 88.6 Å². The lowest BCUT2D eigenvalue weighted by Gasteiger charge is -2.21. The highest BCUT2D eigenvalue weighted by molar-refractivity contribution is 8.00. The molecule has 0 spiro atoms. The van der Waals surface area contributed by atoms with Crippen LogP contribution >= 0.6 is 34.7 Å². The van der Waals surface area contributed by atoms with Crippen molar-refractivity contribution in [1.82, 2.24) is 4.98 Å². The molecule has 7 nitrogen and oxygen atoms in total. The van der Waals surface area contributed by atoms with Gasteiger partial charge < -0.3 is 4.74 Å². The largest absolute Gasteiger partial charge is 0.495 e. The highest BCUT2D eigenvalue weighted by Crippen LogP contribution is 2.43. The predicted molar refractivity (Wildman–Crippen MR) is 145 cm³/mol. The van der Waals surface area contributed by atoms with Crippen molar-refractivity contribution < 1.29 is 17.9 Å². The number of aromatic nitrogens is 1. The van der Waals surface area contributed by atoms with E-state index in [1.54, 1.807) is 40.9 Å². The van der Waals surface area contributed by atoms with Gasteiger partial charge in [0, 0.05) is 22.7 Å². The number of sulfonamides is 1. The molecule has 1 amide bonds. The second kappa shape index (κ2) is 10.1. The van der Waals surface area contributed by atoms with Gasteiger partial charge >= 0.3 is 0 Å². The van der Waals surface area contributed by atoms with E-state index in [1.165, 1.54) is 36.6 Å². The maximum atomic E-state index is 12.8. The van der Waals surface area contributed by atoms with Gasteiger partial charge in [0.15, 0.2) is 5.13 Å². The summed E-state index contributed by atoms with van der Waals surface area (Å²) < 4.78 is 33.3. The Morgan fingerprint density at radius 3 is 2.56 bits per heavy atom. The average molecular weight is 558 g/mol. The summed E-state index contributed by atoms with van der Waals surface area (Å²) in [5.41, 5.74) is 2.98. The smallest absolute Gasteiger partial charge is 0.262 e. The molecular formula is C25H20ClN3O4S3. The molecule has 2 heterocycles. The van der Waals surface area contributed by atoms with Crippen molar-refractivity contribution >= 4 is 61.4 Å². The van der Waals surface area contributed by atoms with Crippen molar-refractivity contribution in [2.75, 3.05) is 22.5 Å². The standard InChI is InChI=1S/C25H20ClN3O4S3/c1-33-22-13-19(11-12-20(22)26)36(31,32)28-18-9-7-16(8-10-18)21-14-35-25(27-21)29-23(30)15-34-24(29)17-5-3-2-4-6-17/h2-14,24,28H,15H2,1H3. The van der Waals surface area contributed by atoms with E-state index in [-0.39, 0.29) is 21.9 Å². The first-order valence-corrected chi connectivity index (χ1v) is 14.6. The summed E-state index contributed by atoms with van der Waals surface area (Å²) in [5.74, 6) is 0.708. The number of halogens is 1. The Balaban J connectivity index is 1.34. The van der Waals surface area contributed by atoms with Crippen molar-refractivity contribution in [1.29, 1.82) is 0 Å². The molecule has 5 rings (SSSR count). The molecule has 1 saturated heterocycles. The number of hydrogen-bond acceptors (Lipinski definition) is 7. The minimum absolute atomic E-state index is 0.0262. The van der Waals surface area contributed by atoms with Gasteiger partial charge in [-0.2, -0.15) is 0 Å². The quantitative estimate of drug-likeness (QED) is 0.297. The summed E-state index contributed by atoms with van der Waals surface area (Å²) in [6.45, 7) is 0. The first kappa shape index (κ1) is 24.6. The fraction of sp³-hybridized carbons (Fsp3) is 0.120. The number of carbonyl (C=O) groups is 1. The molecule has 1 unspecified atom stereocenters. The average Bonchev–Trinajstić information content (AvgIpc) is 3.51. The Labute approximate surface area is 222 Å². The van der Waals surface area contributed by atoms with E-state index in [0.717, 1.165) is 11.1 Å². The summed E-state index contributed by atoms with van der Waals surface area (Å²) in [7, 11) is -2.41. The van der Waals surface area contributed by atoms with Crippen LogP contribution in [0.2, 0.25) is 5.02 Å². The van der Waals surface area contributed by atoms with Crippen molar-refractivity contribution in [3.05, 3.63) is 88.8 Å². The first-order valence-electron chi connectivity index (χ1n) is 10.8. The molecule has 1 N–H and O–H groups in total. The van der Waals surface area contributed by atoms with E-state index in [4.69, 9.17) is 21.3 Å². The Hall–Kier alpha value is -3.05. The molecule has 0 radical (unpaired) electrons. The molecule has 4 aromatic rings. The Morgan fingerprint density at radius 1 is 1.08 bits per heavy atom. The zero-order valence-electron chi connectivity index (χ0n) is 18.9. The number of nitrogens with zero attached hydrogens (tertiary/aromatic N) is 2. The second-order valence-corrected chi connectivity index (χ2v) is 11.8. The van der Waals surface area contributed by atoms with Crippen LogP contribution in [0.4, 0.5) is 10.8 Å². The van der Waals surface area contributed by atoms with Crippen molar-refractivity contribution in [3.63, 3.8) is 0 Å². The monoisotopic (exact) mass is 557 g/mol. The van der Waals surface area contributed by atoms with Gasteiger partial charge in [0.2, 0.25) is 5.91 Å². The van der Waals surface area contributed by atoms with Crippen LogP contribution in [0.3, 0.4) is 0 Å². The van der Waals surface area contributed by atoms with E-state index >= 15 is 0 Å². The van der Waals surface area contributed by atoms with Crippen molar-refractivity contribution in [2.45, 2.75) is 10.3 Å². The van der Waals surface area contributed by atoms with Gasteiger partial charge in [-0.1, -0.05) is 54.1 Å². The van der Waals surface area contributed by atoms with Gasteiger partial charge in [0.1, 0.15) is 11.1 Å².